The first-order valence-corrected chi connectivity index (χ1v) is 13.8. The lowest BCUT2D eigenvalue weighted by molar-refractivity contribution is -0.0590. The summed E-state index contributed by atoms with van der Waals surface area (Å²) in [5.41, 5.74) is -1.82. The number of urea groups is 1. The van der Waals surface area contributed by atoms with Gasteiger partial charge in [0.05, 0.1) is 5.37 Å². The molecule has 3 heterocycles. The van der Waals surface area contributed by atoms with Crippen molar-refractivity contribution < 1.29 is 27.8 Å². The molecule has 6 N–H and O–H groups in total. The molecule has 0 aromatic carbocycles. The first kappa shape index (κ1) is 28.0. The van der Waals surface area contributed by atoms with Gasteiger partial charge in [-0.2, -0.15) is 13.2 Å². The molecule has 0 aromatic rings. The number of aliphatic hydroxyl groups is 1. The number of nitrogens with zero attached hydrogens (tertiary/aromatic N) is 3. The zero-order valence-electron chi connectivity index (χ0n) is 21.0. The summed E-state index contributed by atoms with van der Waals surface area (Å²) in [7, 11) is 0. The molecule has 4 aliphatic rings. The van der Waals surface area contributed by atoms with Crippen LogP contribution < -0.4 is 21.8 Å². The highest BCUT2D eigenvalue weighted by molar-refractivity contribution is 8.00. The first-order valence-electron chi connectivity index (χ1n) is 12.7. The summed E-state index contributed by atoms with van der Waals surface area (Å²) in [5, 5.41) is 22.3. The second-order valence-corrected chi connectivity index (χ2v) is 11.4. The molecule has 4 rings (SSSR count). The van der Waals surface area contributed by atoms with Gasteiger partial charge in [-0.25, -0.2) is 4.79 Å². The molecule has 2 amide bonds. The smallest absolute Gasteiger partial charge is 0.429 e. The van der Waals surface area contributed by atoms with Gasteiger partial charge in [0.15, 0.2) is 0 Å². The van der Waals surface area contributed by atoms with Crippen LogP contribution in [-0.4, -0.2) is 83.8 Å². The number of piperidine rings is 1. The van der Waals surface area contributed by atoms with Gasteiger partial charge in [-0.1, -0.05) is 0 Å². The number of aliphatic imine (C=N–C) groups is 2. The zero-order valence-corrected chi connectivity index (χ0v) is 21.8. The van der Waals surface area contributed by atoms with Gasteiger partial charge in [-0.3, -0.25) is 9.98 Å². The lowest BCUT2D eigenvalue weighted by Crippen LogP contribution is -2.50. The fourth-order valence-electron chi connectivity index (χ4n) is 5.32. The Morgan fingerprint density at radius 2 is 2.16 bits per heavy atom. The van der Waals surface area contributed by atoms with Crippen LogP contribution in [0.3, 0.4) is 0 Å². The van der Waals surface area contributed by atoms with Crippen LogP contribution in [0, 0.1) is 23.7 Å². The number of rotatable bonds is 7. The van der Waals surface area contributed by atoms with E-state index in [1.54, 1.807) is 13.1 Å². The molecule has 14 heteroatoms. The van der Waals surface area contributed by atoms with E-state index < -0.39 is 29.0 Å². The Bertz CT molecular complexity index is 928. The van der Waals surface area contributed by atoms with Crippen molar-refractivity contribution >= 4 is 35.6 Å². The lowest BCUT2D eigenvalue weighted by atomic mass is 9.72. The number of hydrogen-bond acceptors (Lipinski definition) is 9. The summed E-state index contributed by atoms with van der Waals surface area (Å²) >= 11 is 1.19. The minimum atomic E-state index is -4.45. The number of ether oxygens (including phenoxy) is 1. The van der Waals surface area contributed by atoms with Crippen LogP contribution in [0.1, 0.15) is 39.5 Å². The van der Waals surface area contributed by atoms with Gasteiger partial charge in [-0.05, 0) is 52.0 Å². The normalized spacial score (nSPS) is 34.4. The van der Waals surface area contributed by atoms with E-state index >= 15 is 0 Å². The fraction of sp³-hybridized carbons (Fsp3) is 0.826. The molecular formula is C23H36F3N7O3S. The number of nitrogens with two attached hydrogens (primary N) is 1. The van der Waals surface area contributed by atoms with Crippen molar-refractivity contribution in [2.45, 2.75) is 69.0 Å². The summed E-state index contributed by atoms with van der Waals surface area (Å²) < 4.78 is 46.0. The van der Waals surface area contributed by atoms with E-state index in [0.29, 0.717) is 38.9 Å². The molecule has 1 saturated heterocycles. The number of amides is 2. The van der Waals surface area contributed by atoms with E-state index in [1.165, 1.54) is 11.8 Å². The molecule has 0 radical (unpaired) electrons. The van der Waals surface area contributed by atoms with E-state index in [-0.39, 0.29) is 47.5 Å². The zero-order chi connectivity index (χ0) is 26.8. The summed E-state index contributed by atoms with van der Waals surface area (Å²) in [4.78, 5) is 20.7. The second kappa shape index (κ2) is 11.4. The van der Waals surface area contributed by atoms with Gasteiger partial charge in [0.1, 0.15) is 23.6 Å². The van der Waals surface area contributed by atoms with E-state index in [0.717, 1.165) is 6.42 Å². The van der Waals surface area contributed by atoms with Crippen molar-refractivity contribution in [3.8, 4) is 0 Å². The Kier molecular flexibility index (Phi) is 8.58. The minimum absolute atomic E-state index is 0.0727. The van der Waals surface area contributed by atoms with E-state index in [2.05, 4.69) is 31.0 Å². The standard InChI is InChI=1S/C23H36F3N7O3S/c1-3-29-21(34)32-18-7-15(19-31-17(11-37-19)23(24,25)26)16(10-30-18)14-6-13(8-28-9-14)12(2)36-20(33-27)22(35)4-5-22/h10,12-16,18-19,28,35H,3-9,11,27H2,1-2H3,(H2,29,32,34). The SMILES string of the molecule is CCNC(=O)NC1CC(C2N=C(C(F)(F)F)CS2)C(C2CNCC(C(C)OC(=NN)C3(O)CC3)C2)C=N1. The highest BCUT2D eigenvalue weighted by atomic mass is 32.2. The van der Waals surface area contributed by atoms with Crippen molar-refractivity contribution in [1.82, 2.24) is 16.0 Å². The third-order valence-electron chi connectivity index (χ3n) is 7.59. The fourth-order valence-corrected chi connectivity index (χ4v) is 6.63. The summed E-state index contributed by atoms with van der Waals surface area (Å²) in [5.74, 6) is 5.22. The summed E-state index contributed by atoms with van der Waals surface area (Å²) in [6, 6.07) is -0.361. The molecule has 0 bridgehead atoms. The molecular weight excluding hydrogens is 511 g/mol. The molecule has 1 aliphatic carbocycles. The minimum Gasteiger partial charge on any atom is -0.474 e. The molecule has 37 heavy (non-hydrogen) atoms. The molecule has 208 valence electrons. The quantitative estimate of drug-likeness (QED) is 0.142. The lowest BCUT2D eigenvalue weighted by Gasteiger charge is -2.42. The number of carbonyl (C=O) groups excluding carboxylic acids is 1. The number of carbonyl (C=O) groups is 1. The van der Waals surface area contributed by atoms with Crippen LogP contribution in [0.2, 0.25) is 0 Å². The van der Waals surface area contributed by atoms with Crippen LogP contribution in [0.5, 0.6) is 0 Å². The largest absolute Gasteiger partial charge is 0.474 e. The van der Waals surface area contributed by atoms with Crippen LogP contribution in [0.4, 0.5) is 18.0 Å². The average Bonchev–Trinajstić information content (AvgIpc) is 3.39. The topological polar surface area (TPSA) is 146 Å². The molecule has 7 atom stereocenters. The Hall–Kier alpha value is -2.06. The Morgan fingerprint density at radius 1 is 1.41 bits per heavy atom. The van der Waals surface area contributed by atoms with E-state index in [9.17, 15) is 23.1 Å². The van der Waals surface area contributed by atoms with E-state index in [1.807, 2.05) is 6.92 Å². The van der Waals surface area contributed by atoms with E-state index in [4.69, 9.17) is 10.6 Å². The van der Waals surface area contributed by atoms with Crippen LogP contribution in [-0.2, 0) is 4.74 Å². The molecule has 10 nitrogen and oxygen atoms in total. The van der Waals surface area contributed by atoms with Crippen molar-refractivity contribution in [3.63, 3.8) is 0 Å². The third-order valence-corrected chi connectivity index (χ3v) is 8.83. The van der Waals surface area contributed by atoms with Gasteiger partial charge in [0.2, 0.25) is 5.90 Å². The van der Waals surface area contributed by atoms with Crippen LogP contribution >= 0.6 is 11.8 Å². The van der Waals surface area contributed by atoms with Gasteiger partial charge < -0.3 is 31.6 Å². The third kappa shape index (κ3) is 6.69. The Labute approximate surface area is 218 Å². The van der Waals surface area contributed by atoms with Gasteiger partial charge in [-0.15, -0.1) is 16.9 Å². The molecule has 1 saturated carbocycles. The summed E-state index contributed by atoms with van der Waals surface area (Å²) in [6.07, 6.45) is -1.18. The van der Waals surface area contributed by atoms with Gasteiger partial charge in [0, 0.05) is 42.8 Å². The highest BCUT2D eigenvalue weighted by Crippen LogP contribution is 2.43. The number of halogens is 3. The molecule has 3 aliphatic heterocycles. The number of thioether (sulfide) groups is 1. The van der Waals surface area contributed by atoms with Crippen molar-refractivity contribution in [2.75, 3.05) is 25.4 Å². The monoisotopic (exact) mass is 547 g/mol. The number of alkyl halides is 3. The average molecular weight is 548 g/mol. The number of nitrogens with one attached hydrogen (secondary N) is 3. The summed E-state index contributed by atoms with van der Waals surface area (Å²) in [6.45, 7) is 5.54. The maximum Gasteiger partial charge on any atom is 0.429 e. The second-order valence-electron chi connectivity index (χ2n) is 10.3. The molecule has 0 spiro atoms. The van der Waals surface area contributed by atoms with Crippen molar-refractivity contribution in [3.05, 3.63) is 0 Å². The Morgan fingerprint density at radius 3 is 2.78 bits per heavy atom. The maximum atomic E-state index is 13.4. The van der Waals surface area contributed by atoms with Crippen molar-refractivity contribution in [1.29, 1.82) is 0 Å². The van der Waals surface area contributed by atoms with Crippen LogP contribution in [0.15, 0.2) is 15.1 Å². The first-order chi connectivity index (χ1) is 17.5. The maximum absolute atomic E-state index is 13.4. The molecule has 0 aromatic heterocycles. The van der Waals surface area contributed by atoms with Gasteiger partial charge >= 0.3 is 12.2 Å². The molecule has 2 fully saturated rings. The van der Waals surface area contributed by atoms with Gasteiger partial charge in [0.25, 0.3) is 0 Å². The van der Waals surface area contributed by atoms with Crippen molar-refractivity contribution in [2.24, 2.45) is 44.6 Å². The predicted octanol–water partition coefficient (Wildman–Crippen LogP) is 1.84. The number of hydrogen-bond donors (Lipinski definition) is 5. The predicted molar refractivity (Wildman–Crippen MR) is 137 cm³/mol. The highest BCUT2D eigenvalue weighted by Gasteiger charge is 2.49. The Balaban J connectivity index is 1.49. The molecule has 7 unspecified atom stereocenters. The number of hydrazone groups is 1. The van der Waals surface area contributed by atoms with Crippen LogP contribution in [0.25, 0.3) is 0 Å².